The number of carbonyl (C=O) groups is 1. The van der Waals surface area contributed by atoms with Gasteiger partial charge in [0.15, 0.2) is 0 Å². The minimum atomic E-state index is -0.400. The average Bonchev–Trinajstić information content (AvgIpc) is 2.46. The molecule has 0 spiro atoms. The van der Waals surface area contributed by atoms with E-state index in [1.54, 1.807) is 18.2 Å². The van der Waals surface area contributed by atoms with Crippen LogP contribution in [0.4, 0.5) is 5.69 Å². The van der Waals surface area contributed by atoms with E-state index in [0.717, 1.165) is 11.1 Å². The largest absolute Gasteiger partial charge is 0.495 e. The van der Waals surface area contributed by atoms with Crippen LogP contribution in [0.15, 0.2) is 42.5 Å². The van der Waals surface area contributed by atoms with Gasteiger partial charge in [0.1, 0.15) is 12.4 Å². The van der Waals surface area contributed by atoms with Gasteiger partial charge in [0, 0.05) is 0 Å². The number of aryl methyl sites for hydroxylation is 1. The van der Waals surface area contributed by atoms with Gasteiger partial charge in [-0.05, 0) is 36.2 Å². The lowest BCUT2D eigenvalue weighted by Crippen LogP contribution is -2.07. The molecule has 0 amide bonds. The molecule has 20 heavy (non-hydrogen) atoms. The topological polar surface area (TPSA) is 61.5 Å². The number of methoxy groups -OCH3 is 1. The molecule has 0 aliphatic rings. The van der Waals surface area contributed by atoms with Crippen LogP contribution in [0.25, 0.3) is 0 Å². The Bertz CT molecular complexity index is 623. The molecule has 104 valence electrons. The predicted molar refractivity (Wildman–Crippen MR) is 77.7 cm³/mol. The molecule has 2 aromatic carbocycles. The van der Waals surface area contributed by atoms with Gasteiger partial charge in [-0.1, -0.05) is 24.3 Å². The summed E-state index contributed by atoms with van der Waals surface area (Å²) in [5.41, 5.74) is 8.68. The van der Waals surface area contributed by atoms with Crippen LogP contribution >= 0.6 is 0 Å². The van der Waals surface area contributed by atoms with E-state index >= 15 is 0 Å². The number of rotatable bonds is 4. The minimum Gasteiger partial charge on any atom is -0.495 e. The Morgan fingerprint density at radius 3 is 2.60 bits per heavy atom. The van der Waals surface area contributed by atoms with Gasteiger partial charge in [-0.15, -0.1) is 0 Å². The zero-order valence-electron chi connectivity index (χ0n) is 11.6. The van der Waals surface area contributed by atoms with Crippen LogP contribution in [-0.4, -0.2) is 13.1 Å². The monoisotopic (exact) mass is 271 g/mol. The first-order valence-electron chi connectivity index (χ1n) is 6.27. The zero-order chi connectivity index (χ0) is 14.5. The van der Waals surface area contributed by atoms with Crippen molar-refractivity contribution >= 4 is 11.7 Å². The number of benzene rings is 2. The van der Waals surface area contributed by atoms with E-state index in [0.29, 0.717) is 17.0 Å². The highest BCUT2D eigenvalue weighted by atomic mass is 16.5. The number of ether oxygens (including phenoxy) is 2. The van der Waals surface area contributed by atoms with E-state index in [2.05, 4.69) is 0 Å². The van der Waals surface area contributed by atoms with Crippen molar-refractivity contribution in [2.75, 3.05) is 12.8 Å². The van der Waals surface area contributed by atoms with Crippen LogP contribution in [0.1, 0.15) is 21.5 Å². The lowest BCUT2D eigenvalue weighted by molar-refractivity contribution is 0.0472. The van der Waals surface area contributed by atoms with Crippen molar-refractivity contribution in [2.24, 2.45) is 0 Å². The highest BCUT2D eigenvalue weighted by Gasteiger charge is 2.10. The van der Waals surface area contributed by atoms with Gasteiger partial charge in [-0.25, -0.2) is 4.79 Å². The molecule has 4 nitrogen and oxygen atoms in total. The first kappa shape index (κ1) is 13.9. The number of nitrogen functional groups attached to an aromatic ring is 1. The summed E-state index contributed by atoms with van der Waals surface area (Å²) in [4.78, 5) is 12.0. The molecule has 0 unspecified atom stereocenters. The average molecular weight is 271 g/mol. The molecule has 0 saturated heterocycles. The number of esters is 1. The molecule has 0 aliphatic heterocycles. The maximum atomic E-state index is 12.0. The molecule has 0 saturated carbocycles. The van der Waals surface area contributed by atoms with Crippen molar-refractivity contribution in [3.8, 4) is 5.75 Å². The van der Waals surface area contributed by atoms with Gasteiger partial charge < -0.3 is 15.2 Å². The van der Waals surface area contributed by atoms with Crippen LogP contribution in [0.5, 0.6) is 5.75 Å². The van der Waals surface area contributed by atoms with Crippen molar-refractivity contribution in [3.05, 3.63) is 59.2 Å². The third-order valence-electron chi connectivity index (χ3n) is 3.09. The van der Waals surface area contributed by atoms with Crippen molar-refractivity contribution in [1.82, 2.24) is 0 Å². The summed E-state index contributed by atoms with van der Waals surface area (Å²) >= 11 is 0. The molecule has 0 atom stereocenters. The Balaban J connectivity index is 2.05. The minimum absolute atomic E-state index is 0.247. The third kappa shape index (κ3) is 3.09. The van der Waals surface area contributed by atoms with Crippen LogP contribution in [0.3, 0.4) is 0 Å². The van der Waals surface area contributed by atoms with Gasteiger partial charge >= 0.3 is 5.97 Å². The van der Waals surface area contributed by atoms with Crippen molar-refractivity contribution in [2.45, 2.75) is 13.5 Å². The normalized spacial score (nSPS) is 10.1. The first-order chi connectivity index (χ1) is 9.61. The number of hydrogen-bond acceptors (Lipinski definition) is 4. The van der Waals surface area contributed by atoms with Crippen LogP contribution in [0, 0.1) is 6.92 Å². The molecule has 2 rings (SSSR count). The molecule has 0 aliphatic carbocycles. The van der Waals surface area contributed by atoms with Crippen LogP contribution < -0.4 is 10.5 Å². The molecule has 2 aromatic rings. The summed E-state index contributed by atoms with van der Waals surface area (Å²) in [5.74, 6) is 0.142. The number of nitrogens with two attached hydrogens (primary N) is 1. The fourth-order valence-corrected chi connectivity index (χ4v) is 1.86. The Kier molecular flexibility index (Phi) is 4.25. The first-order valence-corrected chi connectivity index (χ1v) is 6.27. The Morgan fingerprint density at radius 2 is 1.95 bits per heavy atom. The summed E-state index contributed by atoms with van der Waals surface area (Å²) in [6.45, 7) is 2.23. The highest BCUT2D eigenvalue weighted by molar-refractivity contribution is 5.91. The molecule has 2 N–H and O–H groups in total. The molecular weight excluding hydrogens is 254 g/mol. The summed E-state index contributed by atoms with van der Waals surface area (Å²) in [6.07, 6.45) is 0. The van der Waals surface area contributed by atoms with E-state index in [9.17, 15) is 4.79 Å². The van der Waals surface area contributed by atoms with Crippen LogP contribution in [-0.2, 0) is 11.3 Å². The molecule has 0 aromatic heterocycles. The van der Waals surface area contributed by atoms with Crippen molar-refractivity contribution < 1.29 is 14.3 Å². The second kappa shape index (κ2) is 6.10. The maximum absolute atomic E-state index is 12.0. The highest BCUT2D eigenvalue weighted by Crippen LogP contribution is 2.22. The van der Waals surface area contributed by atoms with Gasteiger partial charge in [-0.2, -0.15) is 0 Å². The van der Waals surface area contributed by atoms with E-state index in [1.807, 2.05) is 31.2 Å². The van der Waals surface area contributed by atoms with Crippen LogP contribution in [0.2, 0.25) is 0 Å². The Morgan fingerprint density at radius 1 is 1.20 bits per heavy atom. The number of hydrogen-bond donors (Lipinski definition) is 1. The van der Waals surface area contributed by atoms with E-state index in [4.69, 9.17) is 15.2 Å². The quantitative estimate of drug-likeness (QED) is 0.686. The standard InChI is InChI=1S/C16H17NO3/c1-11-5-3-4-6-13(11)10-20-16(18)12-7-8-15(19-2)14(17)9-12/h3-9H,10,17H2,1-2H3. The summed E-state index contributed by atoms with van der Waals surface area (Å²) in [6, 6.07) is 12.6. The van der Waals surface area contributed by atoms with E-state index in [-0.39, 0.29) is 6.61 Å². The zero-order valence-corrected chi connectivity index (χ0v) is 11.6. The fourth-order valence-electron chi connectivity index (χ4n) is 1.86. The third-order valence-corrected chi connectivity index (χ3v) is 3.09. The fraction of sp³-hybridized carbons (Fsp3) is 0.188. The van der Waals surface area contributed by atoms with E-state index < -0.39 is 5.97 Å². The lowest BCUT2D eigenvalue weighted by Gasteiger charge is -2.09. The Labute approximate surface area is 118 Å². The van der Waals surface area contributed by atoms with Gasteiger partial charge in [-0.3, -0.25) is 0 Å². The second-order valence-corrected chi connectivity index (χ2v) is 4.46. The van der Waals surface area contributed by atoms with Crippen molar-refractivity contribution in [1.29, 1.82) is 0 Å². The Hall–Kier alpha value is -2.49. The molecule has 0 heterocycles. The van der Waals surface area contributed by atoms with Gasteiger partial charge in [0.05, 0.1) is 18.4 Å². The SMILES string of the molecule is COc1ccc(C(=O)OCc2ccccc2C)cc1N. The predicted octanol–water partition coefficient (Wildman–Crippen LogP) is 2.94. The van der Waals surface area contributed by atoms with Crippen molar-refractivity contribution in [3.63, 3.8) is 0 Å². The maximum Gasteiger partial charge on any atom is 0.338 e. The van der Waals surface area contributed by atoms with Gasteiger partial charge in [0.25, 0.3) is 0 Å². The smallest absolute Gasteiger partial charge is 0.338 e. The number of anilines is 1. The molecule has 0 radical (unpaired) electrons. The summed E-state index contributed by atoms with van der Waals surface area (Å²) < 4.78 is 10.3. The number of carbonyl (C=O) groups excluding carboxylic acids is 1. The molecule has 0 fully saturated rings. The molecule has 0 bridgehead atoms. The summed E-state index contributed by atoms with van der Waals surface area (Å²) in [5, 5.41) is 0. The lowest BCUT2D eigenvalue weighted by atomic mass is 10.1. The van der Waals surface area contributed by atoms with E-state index in [1.165, 1.54) is 7.11 Å². The molecular formula is C16H17NO3. The van der Waals surface area contributed by atoms with Gasteiger partial charge in [0.2, 0.25) is 0 Å². The summed E-state index contributed by atoms with van der Waals surface area (Å²) in [7, 11) is 1.53. The molecule has 4 heteroatoms. The second-order valence-electron chi connectivity index (χ2n) is 4.46.